The van der Waals surface area contributed by atoms with Gasteiger partial charge in [-0.25, -0.2) is 0 Å². The maximum absolute atomic E-state index is 12.5. The molecular weight excluding hydrogens is 418 g/mol. The Kier molecular flexibility index (Phi) is 7.93. The van der Waals surface area contributed by atoms with Crippen LogP contribution in [-0.4, -0.2) is 62.1 Å². The van der Waals surface area contributed by atoms with Crippen molar-refractivity contribution >= 4 is 5.91 Å². The lowest BCUT2D eigenvalue weighted by Gasteiger charge is -2.33. The largest absolute Gasteiger partial charge is 0.493 e. The third-order valence-electron chi connectivity index (χ3n) is 6.91. The van der Waals surface area contributed by atoms with Gasteiger partial charge in [0.25, 0.3) is 5.91 Å². The second-order valence-corrected chi connectivity index (χ2v) is 9.19. The number of rotatable bonds is 9. The molecule has 0 aliphatic carbocycles. The summed E-state index contributed by atoms with van der Waals surface area (Å²) in [5.74, 6) is 2.60. The number of furan rings is 1. The quantitative estimate of drug-likeness (QED) is 0.580. The summed E-state index contributed by atoms with van der Waals surface area (Å²) in [5, 5.41) is 3.01. The Bertz CT molecular complexity index is 942. The third kappa shape index (κ3) is 5.89. The Balaban J connectivity index is 1.25. The Morgan fingerprint density at radius 2 is 1.91 bits per heavy atom. The fourth-order valence-corrected chi connectivity index (χ4v) is 4.94. The minimum absolute atomic E-state index is 0.131. The summed E-state index contributed by atoms with van der Waals surface area (Å²) < 4.78 is 16.8. The van der Waals surface area contributed by atoms with Crippen LogP contribution in [0.4, 0.5) is 0 Å². The molecule has 1 amide bonds. The average Bonchev–Trinajstić information content (AvgIpc) is 3.30. The van der Waals surface area contributed by atoms with E-state index < -0.39 is 0 Å². The van der Waals surface area contributed by atoms with Gasteiger partial charge in [0, 0.05) is 32.2 Å². The highest BCUT2D eigenvalue weighted by molar-refractivity contribution is 5.91. The fourth-order valence-electron chi connectivity index (χ4n) is 4.94. The van der Waals surface area contributed by atoms with Crippen molar-refractivity contribution in [1.82, 2.24) is 15.1 Å². The summed E-state index contributed by atoms with van der Waals surface area (Å²) in [6.45, 7) is 7.61. The SMILES string of the molecule is COc1cc2c(cc1OC)CN(Cc1ccc(C(=O)NCCCN3CCCCC3C)o1)CC2. The molecule has 33 heavy (non-hydrogen) atoms. The first-order valence-corrected chi connectivity index (χ1v) is 12.1. The minimum atomic E-state index is -0.131. The second-order valence-electron chi connectivity index (χ2n) is 9.19. The van der Waals surface area contributed by atoms with Gasteiger partial charge in [-0.15, -0.1) is 0 Å². The first-order valence-electron chi connectivity index (χ1n) is 12.1. The molecule has 2 aliphatic heterocycles. The Hall–Kier alpha value is -2.51. The number of amides is 1. The summed E-state index contributed by atoms with van der Waals surface area (Å²) in [5.41, 5.74) is 2.54. The molecule has 1 saturated heterocycles. The average molecular weight is 456 g/mol. The van der Waals surface area contributed by atoms with Gasteiger partial charge in [-0.1, -0.05) is 6.42 Å². The lowest BCUT2D eigenvalue weighted by molar-refractivity contribution is 0.0917. The number of nitrogens with one attached hydrogen (secondary N) is 1. The number of fused-ring (bicyclic) bond motifs is 1. The molecule has 1 aromatic heterocycles. The smallest absolute Gasteiger partial charge is 0.286 e. The summed E-state index contributed by atoms with van der Waals surface area (Å²) >= 11 is 0. The maximum atomic E-state index is 12.5. The number of likely N-dealkylation sites (tertiary alicyclic amines) is 1. The number of benzene rings is 1. The van der Waals surface area contributed by atoms with E-state index >= 15 is 0 Å². The van der Waals surface area contributed by atoms with Gasteiger partial charge in [-0.3, -0.25) is 9.69 Å². The molecule has 1 N–H and O–H groups in total. The van der Waals surface area contributed by atoms with E-state index in [1.54, 1.807) is 20.3 Å². The van der Waals surface area contributed by atoms with Crippen LogP contribution in [0, 0.1) is 0 Å². The molecule has 0 radical (unpaired) electrons. The van der Waals surface area contributed by atoms with Crippen LogP contribution in [-0.2, 0) is 19.5 Å². The Labute approximate surface area is 197 Å². The lowest BCUT2D eigenvalue weighted by atomic mass is 9.98. The van der Waals surface area contributed by atoms with Crippen LogP contribution in [0.15, 0.2) is 28.7 Å². The van der Waals surface area contributed by atoms with E-state index in [-0.39, 0.29) is 5.91 Å². The molecule has 1 unspecified atom stereocenters. The number of carbonyl (C=O) groups excluding carboxylic acids is 1. The molecule has 0 bridgehead atoms. The molecule has 1 atom stereocenters. The topological polar surface area (TPSA) is 67.2 Å². The monoisotopic (exact) mass is 455 g/mol. The van der Waals surface area contributed by atoms with Crippen molar-refractivity contribution < 1.29 is 18.7 Å². The first kappa shape index (κ1) is 23.6. The van der Waals surface area contributed by atoms with E-state index in [9.17, 15) is 4.79 Å². The van der Waals surface area contributed by atoms with Crippen LogP contribution in [0.25, 0.3) is 0 Å². The molecule has 4 rings (SSSR count). The molecular formula is C26H37N3O4. The van der Waals surface area contributed by atoms with Crippen molar-refractivity contribution in [2.45, 2.75) is 58.2 Å². The summed E-state index contributed by atoms with van der Waals surface area (Å²) in [7, 11) is 3.33. The molecule has 0 saturated carbocycles. The van der Waals surface area contributed by atoms with Gasteiger partial charge < -0.3 is 24.1 Å². The van der Waals surface area contributed by atoms with Crippen molar-refractivity contribution in [2.75, 3.05) is 40.4 Å². The van der Waals surface area contributed by atoms with Gasteiger partial charge in [0.05, 0.1) is 20.8 Å². The predicted molar refractivity (Wildman–Crippen MR) is 128 cm³/mol. The van der Waals surface area contributed by atoms with Crippen molar-refractivity contribution in [2.24, 2.45) is 0 Å². The van der Waals surface area contributed by atoms with Crippen molar-refractivity contribution in [3.05, 3.63) is 46.9 Å². The zero-order valence-electron chi connectivity index (χ0n) is 20.2. The fraction of sp³-hybridized carbons (Fsp3) is 0.577. The van der Waals surface area contributed by atoms with Crippen molar-refractivity contribution in [3.63, 3.8) is 0 Å². The van der Waals surface area contributed by atoms with Gasteiger partial charge >= 0.3 is 0 Å². The van der Waals surface area contributed by atoms with E-state index in [1.807, 2.05) is 6.07 Å². The Morgan fingerprint density at radius 3 is 2.67 bits per heavy atom. The van der Waals surface area contributed by atoms with E-state index in [4.69, 9.17) is 13.9 Å². The standard InChI is InChI=1S/C26H37N3O4/c1-19-7-4-5-12-29(19)13-6-11-27-26(30)23-9-8-22(33-23)18-28-14-10-20-15-24(31-2)25(32-3)16-21(20)17-28/h8-9,15-16,19H,4-7,10-14,17-18H2,1-3H3,(H,27,30). The highest BCUT2D eigenvalue weighted by Gasteiger charge is 2.21. The zero-order chi connectivity index (χ0) is 23.2. The van der Waals surface area contributed by atoms with E-state index in [2.05, 4.69) is 34.2 Å². The number of piperidine rings is 1. The maximum Gasteiger partial charge on any atom is 0.286 e. The van der Waals surface area contributed by atoms with Crippen LogP contribution >= 0.6 is 0 Å². The molecule has 180 valence electrons. The van der Waals surface area contributed by atoms with E-state index in [0.29, 0.717) is 24.9 Å². The van der Waals surface area contributed by atoms with Crippen molar-refractivity contribution in [3.8, 4) is 11.5 Å². The van der Waals surface area contributed by atoms with Crippen LogP contribution in [0.1, 0.15) is 60.0 Å². The third-order valence-corrected chi connectivity index (χ3v) is 6.91. The van der Waals surface area contributed by atoms with Crippen LogP contribution in [0.2, 0.25) is 0 Å². The zero-order valence-corrected chi connectivity index (χ0v) is 20.2. The van der Waals surface area contributed by atoms with Gasteiger partial charge in [0.2, 0.25) is 0 Å². The molecule has 2 aliphatic rings. The highest BCUT2D eigenvalue weighted by atomic mass is 16.5. The molecule has 1 fully saturated rings. The van der Waals surface area contributed by atoms with Gasteiger partial charge in [0.15, 0.2) is 17.3 Å². The molecule has 3 heterocycles. The van der Waals surface area contributed by atoms with Crippen LogP contribution in [0.3, 0.4) is 0 Å². The molecule has 7 heteroatoms. The van der Waals surface area contributed by atoms with Gasteiger partial charge in [-0.2, -0.15) is 0 Å². The van der Waals surface area contributed by atoms with Crippen LogP contribution < -0.4 is 14.8 Å². The number of ether oxygens (including phenoxy) is 2. The minimum Gasteiger partial charge on any atom is -0.493 e. The predicted octanol–water partition coefficient (Wildman–Crippen LogP) is 3.85. The van der Waals surface area contributed by atoms with Crippen molar-refractivity contribution in [1.29, 1.82) is 0 Å². The van der Waals surface area contributed by atoms with Gasteiger partial charge in [0.1, 0.15) is 5.76 Å². The molecule has 7 nitrogen and oxygen atoms in total. The Morgan fingerprint density at radius 1 is 1.12 bits per heavy atom. The number of hydrogen-bond donors (Lipinski definition) is 1. The summed E-state index contributed by atoms with van der Waals surface area (Å²) in [4.78, 5) is 17.4. The second kappa shape index (κ2) is 11.1. The van der Waals surface area contributed by atoms with Gasteiger partial charge in [-0.05, 0) is 74.5 Å². The molecule has 2 aromatic rings. The number of nitrogens with zero attached hydrogens (tertiary/aromatic N) is 2. The number of hydrogen-bond acceptors (Lipinski definition) is 6. The van der Waals surface area contributed by atoms with E-state index in [0.717, 1.165) is 49.7 Å². The van der Waals surface area contributed by atoms with Crippen LogP contribution in [0.5, 0.6) is 11.5 Å². The molecule has 0 spiro atoms. The summed E-state index contributed by atoms with van der Waals surface area (Å²) in [6, 6.07) is 8.49. The normalized spacial score (nSPS) is 19.2. The first-order chi connectivity index (χ1) is 16.1. The summed E-state index contributed by atoms with van der Waals surface area (Å²) in [6.07, 6.45) is 5.81. The lowest BCUT2D eigenvalue weighted by Crippen LogP contribution is -2.39. The van der Waals surface area contributed by atoms with E-state index in [1.165, 1.54) is 36.9 Å². The molecule has 1 aromatic carbocycles. The number of carbonyl (C=O) groups is 1. The number of methoxy groups -OCH3 is 2. The highest BCUT2D eigenvalue weighted by Crippen LogP contribution is 2.33.